The summed E-state index contributed by atoms with van der Waals surface area (Å²) in [6.07, 6.45) is 6.71. The van der Waals surface area contributed by atoms with Gasteiger partial charge in [-0.2, -0.15) is 0 Å². The van der Waals surface area contributed by atoms with Crippen molar-refractivity contribution in [2.45, 2.75) is 0 Å². The number of aromatic nitrogens is 2. The third kappa shape index (κ3) is 7.44. The van der Waals surface area contributed by atoms with Crippen molar-refractivity contribution in [1.82, 2.24) is 9.97 Å². The van der Waals surface area contributed by atoms with E-state index in [0.717, 1.165) is 22.3 Å². The zero-order valence-electron chi connectivity index (χ0n) is 21.8. The molecule has 4 N–H and O–H groups in total. The first-order chi connectivity index (χ1) is 20.0. The molecule has 7 heteroatoms. The van der Waals surface area contributed by atoms with Gasteiger partial charge in [0.05, 0.1) is 0 Å². The molecule has 0 aliphatic carbocycles. The monoisotopic (exact) mass is 533 g/mol. The van der Waals surface area contributed by atoms with Crippen LogP contribution in [0.2, 0.25) is 0 Å². The second kappa shape index (κ2) is 12.6. The molecule has 7 nitrogen and oxygen atoms in total. The highest BCUT2D eigenvalue weighted by molar-refractivity contribution is 6.09. The third-order valence-electron chi connectivity index (χ3n) is 5.78. The number of rotatable bonds is 4. The Morgan fingerprint density at radius 2 is 0.951 bits per heavy atom. The molecule has 0 bridgehead atoms. The highest BCUT2D eigenvalue weighted by atomic mass is 16.2. The lowest BCUT2D eigenvalue weighted by Crippen LogP contribution is -2.16. The van der Waals surface area contributed by atoms with Gasteiger partial charge in [0.1, 0.15) is 0 Å². The van der Waals surface area contributed by atoms with Gasteiger partial charge in [0.2, 0.25) is 0 Å². The standard InChI is InChI=1S/C34H23N5O2/c35-30-22-28(33(40)38-31-5-1-3-26(19-31)9-7-24-11-15-36-16-12-24)21-29(23-30)34(41)39-32-6-2-4-27(20-32)10-8-25-13-17-37-18-14-25/h1-6,11-23H,35H2,(H,38,40)(H,39,41). The molecule has 2 aromatic heterocycles. The van der Waals surface area contributed by atoms with Gasteiger partial charge >= 0.3 is 0 Å². The number of hydrogen-bond acceptors (Lipinski definition) is 5. The van der Waals surface area contributed by atoms with Gasteiger partial charge in [0, 0.05) is 75.2 Å². The molecule has 0 unspecified atom stereocenters. The smallest absolute Gasteiger partial charge is 0.255 e. The van der Waals surface area contributed by atoms with Crippen molar-refractivity contribution >= 4 is 28.9 Å². The average Bonchev–Trinajstić information content (AvgIpc) is 3.00. The maximum atomic E-state index is 13.1. The molecule has 2 amide bonds. The van der Waals surface area contributed by atoms with E-state index in [-0.39, 0.29) is 16.8 Å². The van der Waals surface area contributed by atoms with E-state index in [2.05, 4.69) is 44.3 Å². The average molecular weight is 534 g/mol. The van der Waals surface area contributed by atoms with Gasteiger partial charge in [-0.15, -0.1) is 0 Å². The number of nitrogen functional groups attached to an aromatic ring is 1. The number of nitrogens with zero attached hydrogens (tertiary/aromatic N) is 2. The quantitative estimate of drug-likeness (QED) is 0.213. The topological polar surface area (TPSA) is 110 Å². The number of nitrogens with two attached hydrogens (primary N) is 1. The molecular weight excluding hydrogens is 510 g/mol. The molecule has 0 fully saturated rings. The molecule has 0 atom stereocenters. The molecule has 0 saturated heterocycles. The van der Waals surface area contributed by atoms with Crippen molar-refractivity contribution < 1.29 is 9.59 Å². The van der Waals surface area contributed by atoms with Crippen molar-refractivity contribution in [1.29, 1.82) is 0 Å². The number of amides is 2. The number of carbonyl (C=O) groups excluding carboxylic acids is 2. The lowest BCUT2D eigenvalue weighted by atomic mass is 10.1. The predicted molar refractivity (Wildman–Crippen MR) is 160 cm³/mol. The molecule has 5 rings (SSSR count). The van der Waals surface area contributed by atoms with Gasteiger partial charge in [0.25, 0.3) is 11.8 Å². The van der Waals surface area contributed by atoms with Crippen LogP contribution in [0, 0.1) is 23.7 Å². The molecule has 0 saturated carbocycles. The Kier molecular flexibility index (Phi) is 8.11. The van der Waals surface area contributed by atoms with Gasteiger partial charge in [0.15, 0.2) is 0 Å². The summed E-state index contributed by atoms with van der Waals surface area (Å²) in [6, 6.07) is 26.2. The van der Waals surface area contributed by atoms with Crippen LogP contribution >= 0.6 is 0 Å². The van der Waals surface area contributed by atoms with E-state index in [9.17, 15) is 9.59 Å². The zero-order chi connectivity index (χ0) is 28.4. The summed E-state index contributed by atoms with van der Waals surface area (Å²) < 4.78 is 0. The Morgan fingerprint density at radius 3 is 1.39 bits per heavy atom. The van der Waals surface area contributed by atoms with Crippen LogP contribution in [0.15, 0.2) is 116 Å². The van der Waals surface area contributed by atoms with Crippen molar-refractivity contribution in [2.75, 3.05) is 16.4 Å². The Bertz CT molecular complexity index is 1710. The molecule has 0 aliphatic rings. The summed E-state index contributed by atoms with van der Waals surface area (Å²) in [4.78, 5) is 34.1. The van der Waals surface area contributed by atoms with E-state index < -0.39 is 11.8 Å². The molecular formula is C34H23N5O2. The van der Waals surface area contributed by atoms with E-state index in [0.29, 0.717) is 11.4 Å². The normalized spacial score (nSPS) is 9.85. The predicted octanol–water partition coefficient (Wildman–Crippen LogP) is 5.36. The number of carbonyl (C=O) groups is 2. The molecule has 0 aliphatic heterocycles. The van der Waals surface area contributed by atoms with Crippen LogP contribution < -0.4 is 16.4 Å². The van der Waals surface area contributed by atoms with Gasteiger partial charge in [-0.3, -0.25) is 19.6 Å². The van der Waals surface area contributed by atoms with Gasteiger partial charge in [-0.25, -0.2) is 0 Å². The second-order valence-electron chi connectivity index (χ2n) is 8.89. The van der Waals surface area contributed by atoms with Crippen LogP contribution in [0.4, 0.5) is 17.1 Å². The molecule has 196 valence electrons. The number of benzene rings is 3. The lowest BCUT2D eigenvalue weighted by molar-refractivity contribution is 0.102. The van der Waals surface area contributed by atoms with Crippen molar-refractivity contribution in [2.24, 2.45) is 0 Å². The van der Waals surface area contributed by atoms with Crippen LogP contribution in [0.5, 0.6) is 0 Å². The largest absolute Gasteiger partial charge is 0.399 e. The molecule has 2 heterocycles. The minimum absolute atomic E-state index is 0.250. The minimum atomic E-state index is -0.404. The highest BCUT2D eigenvalue weighted by Gasteiger charge is 2.13. The third-order valence-corrected chi connectivity index (χ3v) is 5.78. The van der Waals surface area contributed by atoms with E-state index in [1.807, 2.05) is 36.4 Å². The van der Waals surface area contributed by atoms with Gasteiger partial charge in [-0.1, -0.05) is 35.8 Å². The number of nitrogens with one attached hydrogen (secondary N) is 2. The summed E-state index contributed by atoms with van der Waals surface area (Å²) in [6.45, 7) is 0. The Hall–Kier alpha value is -6.18. The number of hydrogen-bond donors (Lipinski definition) is 3. The Morgan fingerprint density at radius 1 is 0.537 bits per heavy atom. The lowest BCUT2D eigenvalue weighted by Gasteiger charge is -2.10. The molecule has 0 radical (unpaired) electrons. The van der Waals surface area contributed by atoms with E-state index in [1.165, 1.54) is 18.2 Å². The number of pyridine rings is 2. The first-order valence-electron chi connectivity index (χ1n) is 12.6. The summed E-state index contributed by atoms with van der Waals surface area (Å²) in [5.41, 5.74) is 11.1. The first-order valence-corrected chi connectivity index (χ1v) is 12.6. The van der Waals surface area contributed by atoms with E-state index in [1.54, 1.807) is 61.2 Å². The molecule has 41 heavy (non-hydrogen) atoms. The van der Waals surface area contributed by atoms with Crippen molar-refractivity contribution in [3.05, 3.63) is 149 Å². The summed E-state index contributed by atoms with van der Waals surface area (Å²) in [7, 11) is 0. The summed E-state index contributed by atoms with van der Waals surface area (Å²) in [5.74, 6) is 11.5. The molecule has 0 spiro atoms. The highest BCUT2D eigenvalue weighted by Crippen LogP contribution is 2.18. The van der Waals surface area contributed by atoms with E-state index in [4.69, 9.17) is 5.73 Å². The van der Waals surface area contributed by atoms with Crippen LogP contribution in [0.25, 0.3) is 0 Å². The Balaban J connectivity index is 1.28. The van der Waals surface area contributed by atoms with Crippen LogP contribution in [-0.4, -0.2) is 21.8 Å². The second-order valence-corrected chi connectivity index (χ2v) is 8.89. The minimum Gasteiger partial charge on any atom is -0.399 e. The molecule has 5 aromatic rings. The molecule has 3 aromatic carbocycles. The van der Waals surface area contributed by atoms with E-state index >= 15 is 0 Å². The fraction of sp³-hybridized carbons (Fsp3) is 0. The Labute approximate surface area is 237 Å². The summed E-state index contributed by atoms with van der Waals surface area (Å²) in [5, 5.41) is 5.70. The van der Waals surface area contributed by atoms with Crippen LogP contribution in [-0.2, 0) is 0 Å². The van der Waals surface area contributed by atoms with Gasteiger partial charge in [-0.05, 0) is 78.9 Å². The maximum Gasteiger partial charge on any atom is 0.255 e. The maximum absolute atomic E-state index is 13.1. The van der Waals surface area contributed by atoms with Crippen molar-refractivity contribution in [3.63, 3.8) is 0 Å². The number of anilines is 3. The van der Waals surface area contributed by atoms with Gasteiger partial charge < -0.3 is 16.4 Å². The SMILES string of the molecule is Nc1cc(C(=O)Nc2cccc(C#Cc3ccncc3)c2)cc(C(=O)Nc2cccc(C#Cc3ccncc3)c2)c1. The fourth-order valence-corrected chi connectivity index (χ4v) is 3.83. The first kappa shape index (κ1) is 26.4. The summed E-state index contributed by atoms with van der Waals surface area (Å²) >= 11 is 0. The fourth-order valence-electron chi connectivity index (χ4n) is 3.83. The van der Waals surface area contributed by atoms with Crippen LogP contribution in [0.1, 0.15) is 43.0 Å². The zero-order valence-corrected chi connectivity index (χ0v) is 21.8. The van der Waals surface area contributed by atoms with Crippen LogP contribution in [0.3, 0.4) is 0 Å². The van der Waals surface area contributed by atoms with Crippen molar-refractivity contribution in [3.8, 4) is 23.7 Å².